The minimum Gasteiger partial charge on any atom is -0.464 e. The van der Waals surface area contributed by atoms with Gasteiger partial charge < -0.3 is 14.9 Å². The van der Waals surface area contributed by atoms with Gasteiger partial charge in [-0.05, 0) is 18.4 Å². The maximum Gasteiger partial charge on any atom is 0.337 e. The summed E-state index contributed by atoms with van der Waals surface area (Å²) in [4.78, 5) is 11.0. The van der Waals surface area contributed by atoms with Gasteiger partial charge in [0.1, 0.15) is 0 Å². The third-order valence-corrected chi connectivity index (χ3v) is 2.14. The Labute approximate surface area is 94.5 Å². The molecule has 0 radical (unpaired) electrons. The summed E-state index contributed by atoms with van der Waals surface area (Å²) in [5, 5.41) is 17.4. The lowest BCUT2D eigenvalue weighted by Crippen LogP contribution is -2.26. The first-order chi connectivity index (χ1) is 7.74. The number of hydrogen-bond donors (Lipinski definition) is 2. The SMILES string of the molecule is O=C(OCCCc1ccccc1)C(O)CO. The number of ether oxygens (including phenoxy) is 1. The van der Waals surface area contributed by atoms with Crippen LogP contribution in [0.1, 0.15) is 12.0 Å². The van der Waals surface area contributed by atoms with E-state index in [0.717, 1.165) is 6.42 Å². The average Bonchev–Trinajstić information content (AvgIpc) is 2.34. The molecule has 0 amide bonds. The van der Waals surface area contributed by atoms with Crippen molar-refractivity contribution in [3.05, 3.63) is 35.9 Å². The molecule has 1 atom stereocenters. The van der Waals surface area contributed by atoms with Crippen LogP contribution in [0.5, 0.6) is 0 Å². The fraction of sp³-hybridized carbons (Fsp3) is 0.417. The monoisotopic (exact) mass is 224 g/mol. The molecule has 0 aliphatic rings. The van der Waals surface area contributed by atoms with E-state index in [-0.39, 0.29) is 6.61 Å². The minimum absolute atomic E-state index is 0.255. The van der Waals surface area contributed by atoms with Gasteiger partial charge in [0.05, 0.1) is 13.2 Å². The topological polar surface area (TPSA) is 66.8 Å². The Bertz CT molecular complexity index is 310. The molecule has 0 bridgehead atoms. The first-order valence-corrected chi connectivity index (χ1v) is 5.23. The van der Waals surface area contributed by atoms with Crippen molar-refractivity contribution in [3.8, 4) is 0 Å². The van der Waals surface area contributed by atoms with Gasteiger partial charge in [-0.1, -0.05) is 30.3 Å². The number of carbonyl (C=O) groups excluding carboxylic acids is 1. The number of rotatable bonds is 6. The lowest BCUT2D eigenvalue weighted by Gasteiger charge is -2.07. The first kappa shape index (κ1) is 12.7. The maximum absolute atomic E-state index is 11.0. The van der Waals surface area contributed by atoms with Crippen LogP contribution in [0.15, 0.2) is 30.3 Å². The lowest BCUT2D eigenvalue weighted by atomic mass is 10.1. The second-order valence-electron chi connectivity index (χ2n) is 3.46. The van der Waals surface area contributed by atoms with Gasteiger partial charge in [0, 0.05) is 0 Å². The predicted octanol–water partition coefficient (Wildman–Crippen LogP) is 0.516. The second-order valence-corrected chi connectivity index (χ2v) is 3.46. The molecule has 16 heavy (non-hydrogen) atoms. The summed E-state index contributed by atoms with van der Waals surface area (Å²) in [5.41, 5.74) is 1.18. The van der Waals surface area contributed by atoms with Gasteiger partial charge in [0.25, 0.3) is 0 Å². The molecule has 1 aromatic rings. The van der Waals surface area contributed by atoms with Gasteiger partial charge >= 0.3 is 5.97 Å². The largest absolute Gasteiger partial charge is 0.464 e. The molecular weight excluding hydrogens is 208 g/mol. The van der Waals surface area contributed by atoms with Crippen molar-refractivity contribution in [2.75, 3.05) is 13.2 Å². The number of esters is 1. The van der Waals surface area contributed by atoms with Crippen molar-refractivity contribution in [2.24, 2.45) is 0 Å². The van der Waals surface area contributed by atoms with E-state index in [2.05, 4.69) is 0 Å². The van der Waals surface area contributed by atoms with Crippen LogP contribution in [0, 0.1) is 0 Å². The van der Waals surface area contributed by atoms with Gasteiger partial charge in [-0.25, -0.2) is 4.79 Å². The molecule has 0 heterocycles. The Hall–Kier alpha value is -1.39. The van der Waals surface area contributed by atoms with Gasteiger partial charge in [-0.2, -0.15) is 0 Å². The fourth-order valence-corrected chi connectivity index (χ4v) is 1.26. The van der Waals surface area contributed by atoms with E-state index in [0.29, 0.717) is 6.42 Å². The van der Waals surface area contributed by atoms with Crippen molar-refractivity contribution >= 4 is 5.97 Å². The Balaban J connectivity index is 2.15. The molecular formula is C12H16O4. The predicted molar refractivity (Wildman–Crippen MR) is 58.8 cm³/mol. The summed E-state index contributed by atoms with van der Waals surface area (Å²) in [6.45, 7) is -0.345. The van der Waals surface area contributed by atoms with Gasteiger partial charge in [-0.3, -0.25) is 0 Å². The summed E-state index contributed by atoms with van der Waals surface area (Å²) in [6.07, 6.45) is 0.105. The molecule has 1 aromatic carbocycles. The maximum atomic E-state index is 11.0. The number of aliphatic hydroxyl groups excluding tert-OH is 2. The molecule has 0 aromatic heterocycles. The van der Waals surface area contributed by atoms with Crippen LogP contribution in [-0.2, 0) is 16.0 Å². The molecule has 0 fully saturated rings. The summed E-state index contributed by atoms with van der Waals surface area (Å²) in [5.74, 6) is -0.768. The molecule has 2 N–H and O–H groups in total. The number of benzene rings is 1. The van der Waals surface area contributed by atoms with Crippen LogP contribution in [0.3, 0.4) is 0 Å². The molecule has 1 rings (SSSR count). The summed E-state index contributed by atoms with van der Waals surface area (Å²) in [7, 11) is 0. The molecule has 4 heteroatoms. The van der Waals surface area contributed by atoms with E-state index in [4.69, 9.17) is 14.9 Å². The number of carbonyl (C=O) groups is 1. The van der Waals surface area contributed by atoms with Crippen molar-refractivity contribution in [1.82, 2.24) is 0 Å². The van der Waals surface area contributed by atoms with E-state index in [1.54, 1.807) is 0 Å². The van der Waals surface area contributed by atoms with Gasteiger partial charge in [0.15, 0.2) is 6.10 Å². The lowest BCUT2D eigenvalue weighted by molar-refractivity contribution is -0.155. The zero-order valence-electron chi connectivity index (χ0n) is 9.00. The molecule has 0 saturated carbocycles. The van der Waals surface area contributed by atoms with Crippen LogP contribution in [0.4, 0.5) is 0 Å². The quantitative estimate of drug-likeness (QED) is 0.546. The third-order valence-electron chi connectivity index (χ3n) is 2.14. The van der Waals surface area contributed by atoms with Crippen LogP contribution >= 0.6 is 0 Å². The highest BCUT2D eigenvalue weighted by Crippen LogP contribution is 2.02. The zero-order valence-corrected chi connectivity index (χ0v) is 9.00. The minimum atomic E-state index is -1.42. The van der Waals surface area contributed by atoms with E-state index in [9.17, 15) is 4.79 Å². The van der Waals surface area contributed by atoms with E-state index >= 15 is 0 Å². The van der Waals surface area contributed by atoms with Crippen molar-refractivity contribution in [1.29, 1.82) is 0 Å². The fourth-order valence-electron chi connectivity index (χ4n) is 1.26. The first-order valence-electron chi connectivity index (χ1n) is 5.23. The zero-order chi connectivity index (χ0) is 11.8. The molecule has 0 saturated heterocycles. The Morgan fingerprint density at radius 1 is 1.31 bits per heavy atom. The summed E-state index contributed by atoms with van der Waals surface area (Å²) in [6, 6.07) is 9.86. The molecule has 88 valence electrons. The Morgan fingerprint density at radius 2 is 2.00 bits per heavy atom. The molecule has 1 unspecified atom stereocenters. The second kappa shape index (κ2) is 6.98. The standard InChI is InChI=1S/C12H16O4/c13-9-11(14)12(15)16-8-4-7-10-5-2-1-3-6-10/h1-3,5-6,11,13-14H,4,7-9H2. The molecule has 0 aliphatic carbocycles. The highest BCUT2D eigenvalue weighted by atomic mass is 16.5. The number of hydrogen-bond acceptors (Lipinski definition) is 4. The van der Waals surface area contributed by atoms with Gasteiger partial charge in [0.2, 0.25) is 0 Å². The van der Waals surface area contributed by atoms with Crippen LogP contribution in [-0.4, -0.2) is 35.5 Å². The van der Waals surface area contributed by atoms with Crippen LogP contribution in [0.25, 0.3) is 0 Å². The number of aliphatic hydroxyl groups is 2. The van der Waals surface area contributed by atoms with Crippen molar-refractivity contribution in [3.63, 3.8) is 0 Å². The summed E-state index contributed by atoms with van der Waals surface area (Å²) < 4.78 is 4.77. The smallest absolute Gasteiger partial charge is 0.337 e. The van der Waals surface area contributed by atoms with E-state index in [1.807, 2.05) is 30.3 Å². The van der Waals surface area contributed by atoms with E-state index < -0.39 is 18.7 Å². The van der Waals surface area contributed by atoms with Crippen LogP contribution < -0.4 is 0 Å². The van der Waals surface area contributed by atoms with Crippen molar-refractivity contribution in [2.45, 2.75) is 18.9 Å². The Kier molecular flexibility index (Phi) is 5.53. The highest BCUT2D eigenvalue weighted by molar-refractivity contribution is 5.74. The Morgan fingerprint density at radius 3 is 2.62 bits per heavy atom. The number of aryl methyl sites for hydroxylation is 1. The third kappa shape index (κ3) is 4.42. The van der Waals surface area contributed by atoms with E-state index in [1.165, 1.54) is 5.56 Å². The normalized spacial score (nSPS) is 12.1. The van der Waals surface area contributed by atoms with Gasteiger partial charge in [-0.15, -0.1) is 0 Å². The van der Waals surface area contributed by atoms with Crippen molar-refractivity contribution < 1.29 is 19.7 Å². The molecule has 4 nitrogen and oxygen atoms in total. The average molecular weight is 224 g/mol. The molecule has 0 aliphatic heterocycles. The summed E-state index contributed by atoms with van der Waals surface area (Å²) >= 11 is 0. The van der Waals surface area contributed by atoms with Crippen LogP contribution in [0.2, 0.25) is 0 Å². The molecule has 0 spiro atoms. The highest BCUT2D eigenvalue weighted by Gasteiger charge is 2.14.